The van der Waals surface area contributed by atoms with E-state index in [1.54, 1.807) is 0 Å². The highest BCUT2D eigenvalue weighted by Gasteiger charge is 2.21. The van der Waals surface area contributed by atoms with Gasteiger partial charge in [-0.1, -0.05) is 38.5 Å². The van der Waals surface area contributed by atoms with E-state index in [0.29, 0.717) is 6.61 Å². The Balaban J connectivity index is 1.96. The Morgan fingerprint density at radius 2 is 1.90 bits per heavy atom. The van der Waals surface area contributed by atoms with Gasteiger partial charge in [0.15, 0.2) is 0 Å². The fourth-order valence-corrected chi connectivity index (χ4v) is 2.86. The van der Waals surface area contributed by atoms with E-state index in [0.717, 1.165) is 25.4 Å². The molecule has 1 N–H and O–H groups in total. The molecule has 21 heavy (non-hydrogen) atoms. The van der Waals surface area contributed by atoms with Crippen molar-refractivity contribution in [2.45, 2.75) is 52.1 Å². The van der Waals surface area contributed by atoms with Crippen LogP contribution >= 0.6 is 0 Å². The zero-order valence-electron chi connectivity index (χ0n) is 13.9. The Bertz CT molecular complexity index is 459. The summed E-state index contributed by atoms with van der Waals surface area (Å²) in [6, 6.07) is 6.28. The third-order valence-corrected chi connectivity index (χ3v) is 4.04. The Morgan fingerprint density at radius 3 is 2.52 bits per heavy atom. The van der Waals surface area contributed by atoms with Gasteiger partial charge in [-0.15, -0.1) is 0 Å². The van der Waals surface area contributed by atoms with Crippen LogP contribution in [0.15, 0.2) is 18.2 Å². The van der Waals surface area contributed by atoms with Gasteiger partial charge in [-0.25, -0.2) is 0 Å². The van der Waals surface area contributed by atoms with E-state index < -0.39 is 6.10 Å². The SMILES string of the molecule is Cc1ccc(OCC(O)CN2CCCC2)c(C(C)(C)C)c1. The Morgan fingerprint density at radius 1 is 1.24 bits per heavy atom. The summed E-state index contributed by atoms with van der Waals surface area (Å²) in [5.74, 6) is 0.897. The molecule has 1 aliphatic rings. The maximum atomic E-state index is 10.2. The molecule has 3 nitrogen and oxygen atoms in total. The number of aryl methyl sites for hydroxylation is 1. The Hall–Kier alpha value is -1.06. The molecule has 2 rings (SSSR count). The van der Waals surface area contributed by atoms with E-state index in [9.17, 15) is 5.11 Å². The van der Waals surface area contributed by atoms with Crippen molar-refractivity contribution in [3.63, 3.8) is 0 Å². The van der Waals surface area contributed by atoms with Crippen molar-refractivity contribution in [1.29, 1.82) is 0 Å². The van der Waals surface area contributed by atoms with Crippen molar-refractivity contribution in [3.8, 4) is 5.75 Å². The monoisotopic (exact) mass is 291 g/mol. The first kappa shape index (κ1) is 16.3. The topological polar surface area (TPSA) is 32.7 Å². The van der Waals surface area contributed by atoms with Crippen LogP contribution in [0.5, 0.6) is 5.75 Å². The van der Waals surface area contributed by atoms with Crippen molar-refractivity contribution in [1.82, 2.24) is 4.90 Å². The smallest absolute Gasteiger partial charge is 0.123 e. The van der Waals surface area contributed by atoms with E-state index in [1.165, 1.54) is 24.0 Å². The highest BCUT2D eigenvalue weighted by atomic mass is 16.5. The van der Waals surface area contributed by atoms with Crippen molar-refractivity contribution in [3.05, 3.63) is 29.3 Å². The number of ether oxygens (including phenoxy) is 1. The molecule has 1 aromatic carbocycles. The van der Waals surface area contributed by atoms with Gasteiger partial charge in [0.25, 0.3) is 0 Å². The molecule has 1 unspecified atom stereocenters. The predicted molar refractivity (Wildman–Crippen MR) is 87.1 cm³/mol. The summed E-state index contributed by atoms with van der Waals surface area (Å²) in [7, 11) is 0. The molecule has 0 spiro atoms. The summed E-state index contributed by atoms with van der Waals surface area (Å²) in [6.07, 6.45) is 2.08. The minimum atomic E-state index is -0.419. The molecule has 0 saturated carbocycles. The lowest BCUT2D eigenvalue weighted by atomic mass is 9.85. The first-order chi connectivity index (χ1) is 9.86. The Kier molecular flexibility index (Phi) is 5.28. The number of β-amino-alcohol motifs (C(OH)–C–C–N with tert-alkyl or cyclic N) is 1. The van der Waals surface area contributed by atoms with Crippen LogP contribution in [0, 0.1) is 6.92 Å². The average Bonchev–Trinajstić information content (AvgIpc) is 2.89. The van der Waals surface area contributed by atoms with Crippen LogP contribution in [-0.2, 0) is 5.41 Å². The fourth-order valence-electron chi connectivity index (χ4n) is 2.86. The average molecular weight is 291 g/mol. The Labute approximate surface area is 128 Å². The zero-order valence-corrected chi connectivity index (χ0v) is 13.9. The number of benzene rings is 1. The van der Waals surface area contributed by atoms with Gasteiger partial charge in [-0.2, -0.15) is 0 Å². The number of hydrogen-bond acceptors (Lipinski definition) is 3. The second-order valence-corrected chi connectivity index (χ2v) is 7.22. The number of aliphatic hydroxyl groups is 1. The first-order valence-electron chi connectivity index (χ1n) is 8.00. The largest absolute Gasteiger partial charge is 0.491 e. The highest BCUT2D eigenvalue weighted by molar-refractivity contribution is 5.41. The van der Waals surface area contributed by atoms with E-state index in [-0.39, 0.29) is 5.41 Å². The summed E-state index contributed by atoms with van der Waals surface area (Å²) >= 11 is 0. The summed E-state index contributed by atoms with van der Waals surface area (Å²) in [5, 5.41) is 10.2. The lowest BCUT2D eigenvalue weighted by molar-refractivity contribution is 0.0751. The van der Waals surface area contributed by atoms with Crippen LogP contribution in [0.2, 0.25) is 0 Å². The standard InChI is InChI=1S/C18H29NO2/c1-14-7-8-17(16(11-14)18(2,3)4)21-13-15(20)12-19-9-5-6-10-19/h7-8,11,15,20H,5-6,9-10,12-13H2,1-4H3. The molecule has 1 saturated heterocycles. The minimum Gasteiger partial charge on any atom is -0.491 e. The third kappa shape index (κ3) is 4.72. The van der Waals surface area contributed by atoms with Crippen molar-refractivity contribution >= 4 is 0 Å². The maximum Gasteiger partial charge on any atom is 0.123 e. The second-order valence-electron chi connectivity index (χ2n) is 7.22. The molecule has 118 valence electrons. The van der Waals surface area contributed by atoms with Gasteiger partial charge in [-0.05, 0) is 49.9 Å². The molecule has 0 aromatic heterocycles. The summed E-state index contributed by atoms with van der Waals surface area (Å²) < 4.78 is 5.91. The summed E-state index contributed by atoms with van der Waals surface area (Å²) in [4.78, 5) is 2.31. The van der Waals surface area contributed by atoms with E-state index >= 15 is 0 Å². The van der Waals surface area contributed by atoms with Crippen molar-refractivity contribution < 1.29 is 9.84 Å². The second kappa shape index (κ2) is 6.80. The molecular formula is C18H29NO2. The molecule has 0 radical (unpaired) electrons. The van der Waals surface area contributed by atoms with Gasteiger partial charge in [0, 0.05) is 6.54 Å². The van der Waals surface area contributed by atoms with Crippen LogP contribution in [-0.4, -0.2) is 42.4 Å². The predicted octanol–water partition coefficient (Wildman–Crippen LogP) is 3.13. The van der Waals surface area contributed by atoms with E-state index in [1.807, 2.05) is 6.07 Å². The molecule has 1 atom stereocenters. The lowest BCUT2D eigenvalue weighted by Gasteiger charge is -2.25. The quantitative estimate of drug-likeness (QED) is 0.904. The normalized spacial score (nSPS) is 18.0. The van der Waals surface area contributed by atoms with E-state index in [2.05, 4.69) is 44.7 Å². The molecule has 0 bridgehead atoms. The van der Waals surface area contributed by atoms with Gasteiger partial charge < -0.3 is 14.7 Å². The number of nitrogens with zero attached hydrogens (tertiary/aromatic N) is 1. The number of aliphatic hydroxyl groups excluding tert-OH is 1. The molecule has 1 heterocycles. The van der Waals surface area contributed by atoms with Crippen LogP contribution in [0.3, 0.4) is 0 Å². The van der Waals surface area contributed by atoms with Crippen molar-refractivity contribution in [2.24, 2.45) is 0 Å². The van der Waals surface area contributed by atoms with E-state index in [4.69, 9.17) is 4.74 Å². The molecule has 0 amide bonds. The van der Waals surface area contributed by atoms with Crippen LogP contribution < -0.4 is 4.74 Å². The summed E-state index contributed by atoms with van der Waals surface area (Å²) in [5.41, 5.74) is 2.49. The van der Waals surface area contributed by atoms with Gasteiger partial charge in [-0.3, -0.25) is 0 Å². The molecule has 3 heteroatoms. The first-order valence-corrected chi connectivity index (χ1v) is 8.00. The molecular weight excluding hydrogens is 262 g/mol. The van der Waals surface area contributed by atoms with Gasteiger partial charge in [0.05, 0.1) is 0 Å². The number of likely N-dealkylation sites (tertiary alicyclic amines) is 1. The molecule has 1 aromatic rings. The van der Waals surface area contributed by atoms with Crippen LogP contribution in [0.25, 0.3) is 0 Å². The number of hydrogen-bond donors (Lipinski definition) is 1. The summed E-state index contributed by atoms with van der Waals surface area (Å²) in [6.45, 7) is 12.0. The van der Waals surface area contributed by atoms with Gasteiger partial charge in [0.2, 0.25) is 0 Å². The number of rotatable bonds is 5. The lowest BCUT2D eigenvalue weighted by Crippen LogP contribution is -2.34. The third-order valence-electron chi connectivity index (χ3n) is 4.04. The highest BCUT2D eigenvalue weighted by Crippen LogP contribution is 2.32. The van der Waals surface area contributed by atoms with Gasteiger partial charge in [0.1, 0.15) is 18.5 Å². The maximum absolute atomic E-state index is 10.2. The minimum absolute atomic E-state index is 0.0429. The zero-order chi connectivity index (χ0) is 15.5. The fraction of sp³-hybridized carbons (Fsp3) is 0.667. The molecule has 1 fully saturated rings. The van der Waals surface area contributed by atoms with Gasteiger partial charge >= 0.3 is 0 Å². The molecule has 0 aliphatic carbocycles. The molecule has 1 aliphatic heterocycles. The van der Waals surface area contributed by atoms with Crippen molar-refractivity contribution in [2.75, 3.05) is 26.2 Å². The van der Waals surface area contributed by atoms with Crippen LogP contribution in [0.4, 0.5) is 0 Å². The van der Waals surface area contributed by atoms with Crippen LogP contribution in [0.1, 0.15) is 44.7 Å².